The fraction of sp³-hybridized carbons (Fsp3) is 1.00. The molecule has 3 N–H and O–H groups in total. The summed E-state index contributed by atoms with van der Waals surface area (Å²) in [6.07, 6.45) is 47.2. The Bertz CT molecular complexity index is 517. The number of rotatable bonds is 44. The molecule has 0 bridgehead atoms. The normalized spacial score (nSPS) is 11.4. The molecule has 0 aromatic heterocycles. The van der Waals surface area contributed by atoms with Crippen molar-refractivity contribution in [1.82, 2.24) is 0 Å². The van der Waals surface area contributed by atoms with E-state index < -0.39 is 6.10 Å². The second kappa shape index (κ2) is 51.9. The molecule has 0 heterocycles. The fourth-order valence-electron chi connectivity index (χ4n) is 6.46. The van der Waals surface area contributed by atoms with E-state index in [2.05, 4.69) is 13.8 Å². The van der Waals surface area contributed by atoms with Crippen molar-refractivity contribution < 1.29 is 29.5 Å². The molecule has 0 aliphatic heterocycles. The van der Waals surface area contributed by atoms with Crippen LogP contribution < -0.4 is 0 Å². The predicted molar refractivity (Wildman–Crippen MR) is 221 cm³/mol. The van der Waals surface area contributed by atoms with Gasteiger partial charge in [0.1, 0.15) is 6.10 Å². The first kappa shape index (κ1) is 52.9. The maximum Gasteiger partial charge on any atom is 0.100 e. The van der Waals surface area contributed by atoms with E-state index in [1.54, 1.807) is 0 Å². The van der Waals surface area contributed by atoms with E-state index in [1.807, 2.05) is 0 Å². The zero-order valence-corrected chi connectivity index (χ0v) is 34.8. The van der Waals surface area contributed by atoms with Gasteiger partial charge in [0.05, 0.1) is 39.6 Å². The Morgan fingerprint density at radius 2 is 0.451 bits per heavy atom. The van der Waals surface area contributed by atoms with Crippen LogP contribution in [0.25, 0.3) is 0 Å². The number of ether oxygens (including phenoxy) is 3. The zero-order chi connectivity index (χ0) is 37.4. The average Bonchev–Trinajstić information content (AvgIpc) is 3.15. The lowest BCUT2D eigenvalue weighted by Gasteiger charge is -2.07. The number of aliphatic hydroxyl groups excluding tert-OH is 3. The lowest BCUT2D eigenvalue weighted by atomic mass is 10.0. The first-order valence-electron chi connectivity index (χ1n) is 22.9. The minimum absolute atomic E-state index is 0.365. The molecular formula is C45H94O6. The molecule has 0 saturated carbocycles. The van der Waals surface area contributed by atoms with Gasteiger partial charge in [-0.05, 0) is 12.8 Å². The second-order valence-electron chi connectivity index (χ2n) is 15.2. The highest BCUT2D eigenvalue weighted by Crippen LogP contribution is 2.15. The summed E-state index contributed by atoms with van der Waals surface area (Å²) in [6, 6.07) is 0. The standard InChI is InChI=1S/C42H86O3.C3H8O3/c1-3-5-7-9-11-13-15-17-19-21-23-25-27-29-31-33-35-37-43-39-41-45-42-40-44-38-36-34-32-30-28-26-24-22-20-18-16-14-12-10-8-6-4-2;4-1-3(6)2-5/h3-42H2,1-2H3;3-6H,1-2H2. The van der Waals surface area contributed by atoms with Crippen molar-refractivity contribution in [2.45, 2.75) is 238 Å². The van der Waals surface area contributed by atoms with Crippen LogP contribution >= 0.6 is 0 Å². The highest BCUT2D eigenvalue weighted by molar-refractivity contribution is 4.52. The molecule has 0 aliphatic carbocycles. The predicted octanol–water partition coefficient (Wildman–Crippen LogP) is 12.7. The van der Waals surface area contributed by atoms with Crippen molar-refractivity contribution in [1.29, 1.82) is 0 Å². The molecule has 6 nitrogen and oxygen atoms in total. The fourth-order valence-corrected chi connectivity index (χ4v) is 6.46. The summed E-state index contributed by atoms with van der Waals surface area (Å²) in [4.78, 5) is 0. The monoisotopic (exact) mass is 731 g/mol. The van der Waals surface area contributed by atoms with Gasteiger partial charge in [0.25, 0.3) is 0 Å². The molecule has 0 aliphatic rings. The van der Waals surface area contributed by atoms with Crippen molar-refractivity contribution >= 4 is 0 Å². The van der Waals surface area contributed by atoms with Crippen LogP contribution in [-0.4, -0.2) is 74.3 Å². The summed E-state index contributed by atoms with van der Waals surface area (Å²) >= 11 is 0. The molecule has 0 radical (unpaired) electrons. The highest BCUT2D eigenvalue weighted by atomic mass is 16.5. The number of hydrogen-bond acceptors (Lipinski definition) is 6. The third-order valence-electron chi connectivity index (χ3n) is 9.95. The molecule has 0 aromatic rings. The Balaban J connectivity index is 0. The zero-order valence-electron chi connectivity index (χ0n) is 34.8. The van der Waals surface area contributed by atoms with Crippen molar-refractivity contribution in [3.8, 4) is 0 Å². The van der Waals surface area contributed by atoms with Crippen LogP contribution in [0.2, 0.25) is 0 Å². The molecule has 0 aromatic carbocycles. The number of unbranched alkanes of at least 4 members (excludes halogenated alkanes) is 32. The summed E-state index contributed by atoms with van der Waals surface area (Å²) in [5.74, 6) is 0. The number of hydrogen-bond donors (Lipinski definition) is 3. The van der Waals surface area contributed by atoms with E-state index in [4.69, 9.17) is 29.5 Å². The molecule has 6 heteroatoms. The molecule has 0 spiro atoms. The van der Waals surface area contributed by atoms with Gasteiger partial charge in [-0.3, -0.25) is 0 Å². The Morgan fingerprint density at radius 3 is 0.627 bits per heavy atom. The first-order valence-corrected chi connectivity index (χ1v) is 22.9. The van der Waals surface area contributed by atoms with Gasteiger partial charge in [0.15, 0.2) is 0 Å². The lowest BCUT2D eigenvalue weighted by Crippen LogP contribution is -2.15. The average molecular weight is 731 g/mol. The maximum absolute atomic E-state index is 8.17. The molecule has 0 atom stereocenters. The third-order valence-corrected chi connectivity index (χ3v) is 9.95. The van der Waals surface area contributed by atoms with Crippen molar-refractivity contribution in [2.75, 3.05) is 52.9 Å². The van der Waals surface area contributed by atoms with E-state index >= 15 is 0 Å². The molecule has 0 rings (SSSR count). The highest BCUT2D eigenvalue weighted by Gasteiger charge is 1.98. The largest absolute Gasteiger partial charge is 0.394 e. The summed E-state index contributed by atoms with van der Waals surface area (Å²) in [6.45, 7) is 8.48. The van der Waals surface area contributed by atoms with Gasteiger partial charge in [-0.1, -0.05) is 219 Å². The van der Waals surface area contributed by atoms with E-state index in [9.17, 15) is 0 Å². The van der Waals surface area contributed by atoms with E-state index in [0.717, 1.165) is 26.4 Å². The Morgan fingerprint density at radius 1 is 0.275 bits per heavy atom. The molecule has 0 fully saturated rings. The Hall–Kier alpha value is -0.240. The Labute approximate surface area is 320 Å². The minimum Gasteiger partial charge on any atom is -0.394 e. The van der Waals surface area contributed by atoms with Crippen LogP contribution in [0, 0.1) is 0 Å². The smallest absolute Gasteiger partial charge is 0.100 e. The topological polar surface area (TPSA) is 88.4 Å². The van der Waals surface area contributed by atoms with E-state index in [0.29, 0.717) is 13.2 Å². The van der Waals surface area contributed by atoms with Crippen LogP contribution in [0.3, 0.4) is 0 Å². The van der Waals surface area contributed by atoms with Crippen LogP contribution in [-0.2, 0) is 14.2 Å². The van der Waals surface area contributed by atoms with Crippen molar-refractivity contribution in [3.63, 3.8) is 0 Å². The van der Waals surface area contributed by atoms with Crippen LogP contribution in [0.1, 0.15) is 232 Å². The molecule has 0 saturated heterocycles. The minimum atomic E-state index is -0.954. The summed E-state index contributed by atoms with van der Waals surface area (Å²) < 4.78 is 17.1. The van der Waals surface area contributed by atoms with Crippen molar-refractivity contribution in [3.05, 3.63) is 0 Å². The van der Waals surface area contributed by atoms with Gasteiger partial charge in [-0.15, -0.1) is 0 Å². The van der Waals surface area contributed by atoms with Gasteiger partial charge < -0.3 is 29.5 Å². The molecule has 0 amide bonds. The van der Waals surface area contributed by atoms with E-state index in [-0.39, 0.29) is 13.2 Å². The maximum atomic E-state index is 8.17. The Kier molecular flexibility index (Phi) is 53.8. The molecule has 51 heavy (non-hydrogen) atoms. The summed E-state index contributed by atoms with van der Waals surface area (Å²) in [5.41, 5.74) is 0. The second-order valence-corrected chi connectivity index (χ2v) is 15.2. The summed E-state index contributed by atoms with van der Waals surface area (Å²) in [5, 5.41) is 24.0. The number of aliphatic hydroxyl groups is 3. The van der Waals surface area contributed by atoms with Crippen molar-refractivity contribution in [2.24, 2.45) is 0 Å². The first-order chi connectivity index (χ1) is 25.2. The van der Waals surface area contributed by atoms with Crippen LogP contribution in [0.4, 0.5) is 0 Å². The van der Waals surface area contributed by atoms with Gasteiger partial charge in [-0.25, -0.2) is 0 Å². The summed E-state index contributed by atoms with van der Waals surface area (Å²) in [7, 11) is 0. The van der Waals surface area contributed by atoms with Gasteiger partial charge in [0.2, 0.25) is 0 Å². The molecule has 0 unspecified atom stereocenters. The molecule has 310 valence electrons. The third kappa shape index (κ3) is 54.2. The molecular weight excluding hydrogens is 636 g/mol. The lowest BCUT2D eigenvalue weighted by molar-refractivity contribution is 0.0132. The quantitative estimate of drug-likeness (QED) is 0.0541. The van der Waals surface area contributed by atoms with Gasteiger partial charge in [0, 0.05) is 13.2 Å². The van der Waals surface area contributed by atoms with Gasteiger partial charge in [-0.2, -0.15) is 0 Å². The van der Waals surface area contributed by atoms with Gasteiger partial charge >= 0.3 is 0 Å². The van der Waals surface area contributed by atoms with Crippen LogP contribution in [0.15, 0.2) is 0 Å². The van der Waals surface area contributed by atoms with E-state index in [1.165, 1.54) is 218 Å². The van der Waals surface area contributed by atoms with Crippen LogP contribution in [0.5, 0.6) is 0 Å². The SMILES string of the molecule is CCCCCCCCCCCCCCCCCCCOCCOCCOCCCCCCCCCCCCCCCCCCC.OCC(O)CO.